The van der Waals surface area contributed by atoms with Crippen LogP contribution in [0.15, 0.2) is 42.6 Å². The molecule has 4 rings (SSSR count). The molecule has 9 heteroatoms. The zero-order chi connectivity index (χ0) is 25.9. The first-order valence-corrected chi connectivity index (χ1v) is 11.8. The lowest BCUT2D eigenvalue weighted by Crippen LogP contribution is -2.42. The van der Waals surface area contributed by atoms with Crippen LogP contribution in [0, 0.1) is 18.3 Å². The molecule has 36 heavy (non-hydrogen) atoms. The number of nitrogens with two attached hydrogens (primary N) is 1. The van der Waals surface area contributed by atoms with Gasteiger partial charge in [0.25, 0.3) is 0 Å². The highest BCUT2D eigenvalue weighted by Crippen LogP contribution is 2.38. The van der Waals surface area contributed by atoms with Crippen molar-refractivity contribution in [2.45, 2.75) is 39.2 Å². The summed E-state index contributed by atoms with van der Waals surface area (Å²) in [6.45, 7) is 14.8. The van der Waals surface area contributed by atoms with Crippen molar-refractivity contribution in [3.63, 3.8) is 0 Å². The van der Waals surface area contributed by atoms with E-state index in [0.717, 1.165) is 12.8 Å². The molecular formula is C27H29FN4O4. The number of benzene rings is 2. The summed E-state index contributed by atoms with van der Waals surface area (Å²) in [5.74, 6) is 0.850. The minimum Gasteiger partial charge on any atom is -0.504 e. The van der Waals surface area contributed by atoms with Gasteiger partial charge in [-0.15, -0.1) is 0 Å². The molecule has 2 aromatic carbocycles. The first-order chi connectivity index (χ1) is 17.1. The van der Waals surface area contributed by atoms with Crippen LogP contribution in [-0.2, 0) is 4.74 Å². The number of pyridine rings is 1. The number of amides is 1. The molecule has 1 aliphatic rings. The zero-order valence-electron chi connectivity index (χ0n) is 20.6. The van der Waals surface area contributed by atoms with Crippen molar-refractivity contribution in [3.8, 4) is 17.2 Å². The number of fused-ring (bicyclic) bond motifs is 1. The fourth-order valence-corrected chi connectivity index (χ4v) is 3.94. The Kier molecular flexibility index (Phi) is 7.15. The maximum absolute atomic E-state index is 13.8. The third-order valence-corrected chi connectivity index (χ3v) is 5.84. The lowest BCUT2D eigenvalue weighted by Gasteiger charge is -2.33. The van der Waals surface area contributed by atoms with Crippen LogP contribution >= 0.6 is 0 Å². The number of carbonyl (C=O) groups excluding carboxylic acids is 1. The Morgan fingerprint density at radius 2 is 1.94 bits per heavy atom. The predicted octanol–water partition coefficient (Wildman–Crippen LogP) is 6.33. The normalized spacial score (nSPS) is 14.4. The lowest BCUT2D eigenvalue weighted by molar-refractivity contribution is 0.0165. The summed E-state index contributed by atoms with van der Waals surface area (Å²) in [5, 5.41) is 0.610. The van der Waals surface area contributed by atoms with Crippen LogP contribution in [0.4, 0.5) is 20.6 Å². The van der Waals surface area contributed by atoms with Crippen molar-refractivity contribution >= 4 is 28.4 Å². The Labute approximate surface area is 209 Å². The van der Waals surface area contributed by atoms with Gasteiger partial charge >= 0.3 is 6.09 Å². The quantitative estimate of drug-likeness (QED) is 0.331. The van der Waals surface area contributed by atoms with Gasteiger partial charge in [0.1, 0.15) is 28.7 Å². The number of piperidine rings is 1. The number of hydrogen-bond acceptors (Lipinski definition) is 6. The first-order valence-electron chi connectivity index (χ1n) is 11.8. The van der Waals surface area contributed by atoms with Gasteiger partial charge in [-0.1, -0.05) is 0 Å². The molecule has 1 fully saturated rings. The van der Waals surface area contributed by atoms with Crippen LogP contribution in [0.5, 0.6) is 17.2 Å². The molecule has 1 aromatic heterocycles. The van der Waals surface area contributed by atoms with Gasteiger partial charge in [-0.25, -0.2) is 14.0 Å². The number of aromatic nitrogens is 1. The third-order valence-electron chi connectivity index (χ3n) is 5.84. The van der Waals surface area contributed by atoms with Gasteiger partial charge in [0.2, 0.25) is 5.69 Å². The molecule has 2 heterocycles. The molecule has 1 aliphatic heterocycles. The highest BCUT2D eigenvalue weighted by Gasteiger charge is 2.27. The second-order valence-electron chi connectivity index (χ2n) is 9.77. The van der Waals surface area contributed by atoms with Crippen LogP contribution in [0.25, 0.3) is 15.7 Å². The molecule has 0 atom stereocenters. The highest BCUT2D eigenvalue weighted by atomic mass is 19.1. The third kappa shape index (κ3) is 5.95. The van der Waals surface area contributed by atoms with Crippen LogP contribution in [0.2, 0.25) is 0 Å². The van der Waals surface area contributed by atoms with E-state index in [4.69, 9.17) is 26.5 Å². The summed E-state index contributed by atoms with van der Waals surface area (Å²) in [6, 6.07) is 9.26. The standard InChI is InChI=1S/C27H29FN4O4/c1-27(2,3)36-26(33)32-11-8-17(9-12-32)16-34-25-15-22-19(14-23(25)30-4)24(7-10-31-22)35-18-5-6-21(29)20(28)13-18/h5-7,10,13-15,17H,8-9,11-12,16,29H2,1-3H3. The number of nitrogens with zero attached hydrogens (tertiary/aromatic N) is 3. The monoisotopic (exact) mass is 492 g/mol. The zero-order valence-corrected chi connectivity index (χ0v) is 20.6. The summed E-state index contributed by atoms with van der Waals surface area (Å²) < 4.78 is 31.2. The van der Waals surface area contributed by atoms with Gasteiger partial charge in [0.05, 0.1) is 24.4 Å². The van der Waals surface area contributed by atoms with Crippen molar-refractivity contribution in [1.29, 1.82) is 0 Å². The average Bonchev–Trinajstić information content (AvgIpc) is 2.84. The summed E-state index contributed by atoms with van der Waals surface area (Å²) in [4.78, 5) is 22.0. The van der Waals surface area contributed by atoms with Gasteiger partial charge in [-0.2, -0.15) is 0 Å². The molecule has 8 nitrogen and oxygen atoms in total. The number of ether oxygens (including phenoxy) is 3. The molecule has 2 N–H and O–H groups in total. The Balaban J connectivity index is 1.44. The molecule has 3 aromatic rings. The van der Waals surface area contributed by atoms with Gasteiger partial charge < -0.3 is 24.8 Å². The van der Waals surface area contributed by atoms with E-state index >= 15 is 0 Å². The van der Waals surface area contributed by atoms with E-state index < -0.39 is 11.4 Å². The summed E-state index contributed by atoms with van der Waals surface area (Å²) >= 11 is 0. The van der Waals surface area contributed by atoms with E-state index in [1.165, 1.54) is 12.1 Å². The number of rotatable bonds is 5. The van der Waals surface area contributed by atoms with Gasteiger partial charge in [0.15, 0.2) is 0 Å². The van der Waals surface area contributed by atoms with E-state index in [9.17, 15) is 9.18 Å². The van der Waals surface area contributed by atoms with Crippen molar-refractivity contribution in [3.05, 3.63) is 59.8 Å². The van der Waals surface area contributed by atoms with E-state index in [1.807, 2.05) is 20.8 Å². The Morgan fingerprint density at radius 3 is 2.61 bits per heavy atom. The summed E-state index contributed by atoms with van der Waals surface area (Å²) in [6.07, 6.45) is 2.86. The molecule has 1 saturated heterocycles. The molecule has 0 bridgehead atoms. The molecule has 1 amide bonds. The van der Waals surface area contributed by atoms with Crippen LogP contribution in [0.1, 0.15) is 33.6 Å². The molecule has 0 saturated carbocycles. The smallest absolute Gasteiger partial charge is 0.410 e. The molecule has 0 unspecified atom stereocenters. The van der Waals surface area contributed by atoms with E-state index in [-0.39, 0.29) is 23.4 Å². The lowest BCUT2D eigenvalue weighted by atomic mass is 9.98. The topological polar surface area (TPSA) is 91.3 Å². The van der Waals surface area contributed by atoms with Gasteiger partial charge in [0, 0.05) is 30.7 Å². The number of nitrogen functional groups attached to an aromatic ring is 1. The minimum absolute atomic E-state index is 0.0366. The fourth-order valence-electron chi connectivity index (χ4n) is 3.94. The van der Waals surface area contributed by atoms with Crippen molar-refractivity contribution < 1.29 is 23.4 Å². The SMILES string of the molecule is [C-]#[N+]c1cc2c(Oc3ccc(N)c(F)c3)ccnc2cc1OCC1CCN(C(=O)OC(C)(C)C)CC1. The van der Waals surface area contributed by atoms with E-state index in [2.05, 4.69) is 9.83 Å². The van der Waals surface area contributed by atoms with Gasteiger partial charge in [-0.05, 0) is 69.9 Å². The fraction of sp³-hybridized carbons (Fsp3) is 0.370. The molecule has 0 radical (unpaired) electrons. The van der Waals surface area contributed by atoms with Crippen LogP contribution in [-0.4, -0.2) is 41.3 Å². The average molecular weight is 493 g/mol. The van der Waals surface area contributed by atoms with Crippen molar-refractivity contribution in [2.24, 2.45) is 5.92 Å². The number of anilines is 1. The van der Waals surface area contributed by atoms with E-state index in [1.54, 1.807) is 35.4 Å². The largest absolute Gasteiger partial charge is 0.504 e. The van der Waals surface area contributed by atoms with Crippen molar-refractivity contribution in [1.82, 2.24) is 9.88 Å². The first kappa shape index (κ1) is 25.0. The number of likely N-dealkylation sites (tertiary alicyclic amines) is 1. The Bertz CT molecular complexity index is 1310. The highest BCUT2D eigenvalue weighted by molar-refractivity contribution is 5.91. The Morgan fingerprint density at radius 1 is 1.19 bits per heavy atom. The molecule has 0 aliphatic carbocycles. The minimum atomic E-state index is -0.569. The van der Waals surface area contributed by atoms with Crippen LogP contribution in [0.3, 0.4) is 0 Å². The summed E-state index contributed by atoms with van der Waals surface area (Å²) in [7, 11) is 0. The number of hydrogen-bond donors (Lipinski definition) is 1. The maximum Gasteiger partial charge on any atom is 0.410 e. The van der Waals surface area contributed by atoms with Crippen LogP contribution < -0.4 is 15.2 Å². The number of halogens is 1. The predicted molar refractivity (Wildman–Crippen MR) is 135 cm³/mol. The second-order valence-corrected chi connectivity index (χ2v) is 9.77. The Hall–Kier alpha value is -4.06. The van der Waals surface area contributed by atoms with Gasteiger partial charge in [-0.3, -0.25) is 4.98 Å². The van der Waals surface area contributed by atoms with Crippen molar-refractivity contribution in [2.75, 3.05) is 25.4 Å². The van der Waals surface area contributed by atoms with E-state index in [0.29, 0.717) is 47.8 Å². The molecule has 188 valence electrons. The molecular weight excluding hydrogens is 463 g/mol. The maximum atomic E-state index is 13.8. The number of carbonyl (C=O) groups is 1. The summed E-state index contributed by atoms with van der Waals surface area (Å²) in [5.41, 5.74) is 5.97. The molecule has 0 spiro atoms. The second kappa shape index (κ2) is 10.3.